The van der Waals surface area contributed by atoms with E-state index in [-0.39, 0.29) is 35.0 Å². The van der Waals surface area contributed by atoms with E-state index in [9.17, 15) is 18.4 Å². The van der Waals surface area contributed by atoms with Crippen LogP contribution in [0, 0.1) is 24.5 Å². The molecule has 0 aliphatic carbocycles. The molecular formula is C21H29F2N3O2. The van der Waals surface area contributed by atoms with Crippen LogP contribution in [0.5, 0.6) is 0 Å². The van der Waals surface area contributed by atoms with E-state index in [2.05, 4.69) is 11.8 Å². The first-order valence-corrected chi connectivity index (χ1v) is 9.88. The number of fused-ring (bicyclic) bond motifs is 2. The summed E-state index contributed by atoms with van der Waals surface area (Å²) in [6, 6.07) is 2.00. The lowest BCUT2D eigenvalue weighted by atomic mass is 10.0. The molecule has 0 saturated carbocycles. The third kappa shape index (κ3) is 4.19. The first-order valence-electron chi connectivity index (χ1n) is 9.88. The zero-order valence-electron chi connectivity index (χ0n) is 17.0. The van der Waals surface area contributed by atoms with Gasteiger partial charge >= 0.3 is 0 Å². The highest BCUT2D eigenvalue weighted by molar-refractivity contribution is 5.95. The summed E-state index contributed by atoms with van der Waals surface area (Å²) in [5, 5.41) is 0. The number of halogens is 2. The quantitative estimate of drug-likeness (QED) is 0.773. The second kappa shape index (κ2) is 8.15. The molecule has 1 aromatic carbocycles. The van der Waals surface area contributed by atoms with Crippen LogP contribution in [0.2, 0.25) is 0 Å². The molecule has 1 unspecified atom stereocenters. The van der Waals surface area contributed by atoms with Gasteiger partial charge in [0.1, 0.15) is 11.6 Å². The Morgan fingerprint density at radius 3 is 2.32 bits per heavy atom. The van der Waals surface area contributed by atoms with E-state index in [0.29, 0.717) is 19.5 Å². The lowest BCUT2D eigenvalue weighted by molar-refractivity contribution is -0.137. The van der Waals surface area contributed by atoms with E-state index < -0.39 is 17.5 Å². The molecule has 2 bridgehead atoms. The Labute approximate surface area is 165 Å². The van der Waals surface area contributed by atoms with Crippen LogP contribution >= 0.6 is 0 Å². The molecule has 0 N–H and O–H groups in total. The summed E-state index contributed by atoms with van der Waals surface area (Å²) in [4.78, 5) is 31.3. The summed E-state index contributed by atoms with van der Waals surface area (Å²) in [7, 11) is 3.98. The number of carbonyl (C=O) groups excluding carboxylic acids is 2. The molecule has 2 aliphatic heterocycles. The molecule has 2 heterocycles. The number of rotatable bonds is 5. The van der Waals surface area contributed by atoms with Gasteiger partial charge in [-0.25, -0.2) is 8.78 Å². The Morgan fingerprint density at radius 1 is 1.14 bits per heavy atom. The molecule has 3 rings (SSSR count). The van der Waals surface area contributed by atoms with Crippen LogP contribution in [-0.4, -0.2) is 72.3 Å². The minimum absolute atomic E-state index is 0.0219. The summed E-state index contributed by atoms with van der Waals surface area (Å²) in [6.07, 6.45) is 2.20. The number of amides is 2. The number of piperazine rings is 1. The molecule has 0 aromatic heterocycles. The lowest BCUT2D eigenvalue weighted by Crippen LogP contribution is -2.57. The van der Waals surface area contributed by atoms with Crippen molar-refractivity contribution in [2.24, 2.45) is 5.92 Å². The second-order valence-corrected chi connectivity index (χ2v) is 8.55. The third-order valence-electron chi connectivity index (χ3n) is 5.74. The SMILES string of the molecule is Cc1cc(C(=O)N2C[C@H]3CC[C@@H](C2)N3C(=O)CC(C)CN(C)C)c(F)cc1F. The van der Waals surface area contributed by atoms with Gasteiger partial charge in [0.25, 0.3) is 5.91 Å². The number of nitrogens with zero attached hydrogens (tertiary/aromatic N) is 3. The fourth-order valence-electron chi connectivity index (χ4n) is 4.56. The largest absolute Gasteiger partial charge is 0.334 e. The fraction of sp³-hybridized carbons (Fsp3) is 0.619. The van der Waals surface area contributed by atoms with Gasteiger partial charge in [-0.1, -0.05) is 6.92 Å². The number of hydrogen-bond donors (Lipinski definition) is 0. The molecule has 0 radical (unpaired) electrons. The number of likely N-dealkylation sites (tertiary alicyclic amines) is 1. The Kier molecular flexibility index (Phi) is 6.03. The highest BCUT2D eigenvalue weighted by Crippen LogP contribution is 2.32. The van der Waals surface area contributed by atoms with Gasteiger partial charge in [0.2, 0.25) is 5.91 Å². The molecule has 1 aromatic rings. The predicted octanol–water partition coefficient (Wildman–Crippen LogP) is 2.68. The van der Waals surface area contributed by atoms with Gasteiger partial charge in [-0.2, -0.15) is 0 Å². The number of benzene rings is 1. The maximum absolute atomic E-state index is 14.1. The zero-order valence-corrected chi connectivity index (χ0v) is 17.0. The van der Waals surface area contributed by atoms with E-state index in [0.717, 1.165) is 25.5 Å². The van der Waals surface area contributed by atoms with Crippen molar-refractivity contribution in [2.45, 2.75) is 45.2 Å². The highest BCUT2D eigenvalue weighted by atomic mass is 19.1. The van der Waals surface area contributed by atoms with Crippen LogP contribution in [0.25, 0.3) is 0 Å². The molecule has 7 heteroatoms. The summed E-state index contributed by atoms with van der Waals surface area (Å²) in [5.74, 6) is -1.52. The summed E-state index contributed by atoms with van der Waals surface area (Å²) in [5.41, 5.74) is 0.147. The molecule has 2 saturated heterocycles. The van der Waals surface area contributed by atoms with E-state index in [1.807, 2.05) is 19.0 Å². The standard InChI is InChI=1S/C21H29F2N3O2/c1-13(10-24(3)4)7-20(27)26-15-5-6-16(26)12-25(11-15)21(28)17-8-14(2)18(22)9-19(17)23/h8-9,13,15-16H,5-7,10-12H2,1-4H3/t13?,15-,16+. The molecule has 2 fully saturated rings. The number of carbonyl (C=O) groups is 2. The second-order valence-electron chi connectivity index (χ2n) is 8.55. The van der Waals surface area contributed by atoms with Gasteiger partial charge in [-0.3, -0.25) is 9.59 Å². The summed E-state index contributed by atoms with van der Waals surface area (Å²) in [6.45, 7) is 5.24. The minimum atomic E-state index is -0.837. The molecule has 2 aliphatic rings. The summed E-state index contributed by atoms with van der Waals surface area (Å²) >= 11 is 0. The Balaban J connectivity index is 1.69. The van der Waals surface area contributed by atoms with Crippen molar-refractivity contribution >= 4 is 11.8 Å². The van der Waals surface area contributed by atoms with E-state index in [4.69, 9.17) is 0 Å². The molecule has 154 valence electrons. The van der Waals surface area contributed by atoms with Crippen molar-refractivity contribution in [2.75, 3.05) is 33.7 Å². The van der Waals surface area contributed by atoms with Crippen molar-refractivity contribution in [3.8, 4) is 0 Å². The first-order chi connectivity index (χ1) is 13.2. The van der Waals surface area contributed by atoms with Crippen molar-refractivity contribution < 1.29 is 18.4 Å². The minimum Gasteiger partial charge on any atom is -0.334 e. The fourth-order valence-corrected chi connectivity index (χ4v) is 4.56. The van der Waals surface area contributed by atoms with Gasteiger partial charge < -0.3 is 14.7 Å². The van der Waals surface area contributed by atoms with Gasteiger partial charge in [0.15, 0.2) is 0 Å². The summed E-state index contributed by atoms with van der Waals surface area (Å²) < 4.78 is 27.7. The third-order valence-corrected chi connectivity index (χ3v) is 5.74. The lowest BCUT2D eigenvalue weighted by Gasteiger charge is -2.41. The Hall–Kier alpha value is -2.02. The van der Waals surface area contributed by atoms with Crippen LogP contribution in [0.3, 0.4) is 0 Å². The zero-order chi connectivity index (χ0) is 20.6. The van der Waals surface area contributed by atoms with Gasteiger partial charge in [-0.15, -0.1) is 0 Å². The van der Waals surface area contributed by atoms with Crippen LogP contribution in [0.1, 0.15) is 42.1 Å². The molecule has 3 atom stereocenters. The molecular weight excluding hydrogens is 364 g/mol. The van der Waals surface area contributed by atoms with Crippen LogP contribution in [0.4, 0.5) is 8.78 Å². The highest BCUT2D eigenvalue weighted by Gasteiger charge is 2.44. The maximum Gasteiger partial charge on any atom is 0.256 e. The monoisotopic (exact) mass is 393 g/mol. The van der Waals surface area contributed by atoms with Gasteiger partial charge in [0, 0.05) is 44.2 Å². The first kappa shape index (κ1) is 20.7. The van der Waals surface area contributed by atoms with Crippen molar-refractivity contribution in [3.63, 3.8) is 0 Å². The smallest absolute Gasteiger partial charge is 0.256 e. The van der Waals surface area contributed by atoms with Gasteiger partial charge in [-0.05, 0) is 51.4 Å². The van der Waals surface area contributed by atoms with E-state index >= 15 is 0 Å². The van der Waals surface area contributed by atoms with Crippen LogP contribution in [-0.2, 0) is 4.79 Å². The predicted molar refractivity (Wildman–Crippen MR) is 103 cm³/mol. The average Bonchev–Trinajstić information content (AvgIpc) is 2.87. The van der Waals surface area contributed by atoms with Crippen LogP contribution in [0.15, 0.2) is 12.1 Å². The van der Waals surface area contributed by atoms with Crippen LogP contribution < -0.4 is 0 Å². The average molecular weight is 393 g/mol. The Bertz CT molecular complexity index is 754. The molecule has 5 nitrogen and oxygen atoms in total. The number of hydrogen-bond acceptors (Lipinski definition) is 3. The Morgan fingerprint density at radius 2 is 1.75 bits per heavy atom. The number of aryl methyl sites for hydroxylation is 1. The van der Waals surface area contributed by atoms with Crippen molar-refractivity contribution in [3.05, 3.63) is 34.9 Å². The van der Waals surface area contributed by atoms with Gasteiger partial charge in [0.05, 0.1) is 5.56 Å². The maximum atomic E-state index is 14.1. The molecule has 28 heavy (non-hydrogen) atoms. The van der Waals surface area contributed by atoms with E-state index in [1.165, 1.54) is 13.0 Å². The van der Waals surface area contributed by atoms with Crippen molar-refractivity contribution in [1.82, 2.24) is 14.7 Å². The normalized spacial score (nSPS) is 22.7. The van der Waals surface area contributed by atoms with E-state index in [1.54, 1.807) is 4.90 Å². The molecule has 2 amide bonds. The molecule has 0 spiro atoms. The topological polar surface area (TPSA) is 43.9 Å². The van der Waals surface area contributed by atoms with Crippen molar-refractivity contribution in [1.29, 1.82) is 0 Å².